The largest absolute Gasteiger partial charge is 0.398 e. The van der Waals surface area contributed by atoms with Crippen molar-refractivity contribution in [1.29, 1.82) is 0 Å². The summed E-state index contributed by atoms with van der Waals surface area (Å²) < 4.78 is 0. The number of anilines is 2. The van der Waals surface area contributed by atoms with E-state index in [0.29, 0.717) is 5.92 Å². The molecule has 0 amide bonds. The van der Waals surface area contributed by atoms with Crippen LogP contribution in [0.15, 0.2) is 18.2 Å². The monoisotopic (exact) mass is 194 g/mol. The van der Waals surface area contributed by atoms with E-state index in [1.54, 1.807) is 6.92 Å². The molecular weight excluding hydrogens is 176 g/mol. The number of benzene rings is 1. The molecule has 0 fully saturated rings. The van der Waals surface area contributed by atoms with Gasteiger partial charge in [-0.1, -0.05) is 13.8 Å². The first-order chi connectivity index (χ1) is 6.50. The molecule has 0 aliphatic carbocycles. The summed E-state index contributed by atoms with van der Waals surface area (Å²) in [5.74, 6) is 0.394. The predicted octanol–water partition coefficient (Wildman–Crippen LogP) is 2.14. The maximum atomic E-state index is 9.16. The van der Waals surface area contributed by atoms with E-state index in [9.17, 15) is 0 Å². The molecule has 0 heterocycles. The highest BCUT2D eigenvalue weighted by molar-refractivity contribution is 5.58. The second-order valence-electron chi connectivity index (χ2n) is 3.82. The third-order valence-corrected chi connectivity index (χ3v) is 2.08. The minimum atomic E-state index is -0.543. The van der Waals surface area contributed by atoms with Crippen LogP contribution in [0.2, 0.25) is 0 Å². The van der Waals surface area contributed by atoms with Gasteiger partial charge < -0.3 is 16.2 Å². The molecule has 1 rings (SSSR count). The minimum absolute atomic E-state index is 0.394. The second kappa shape index (κ2) is 4.33. The van der Waals surface area contributed by atoms with Gasteiger partial charge in [0.25, 0.3) is 0 Å². The van der Waals surface area contributed by atoms with Crippen LogP contribution in [0.1, 0.15) is 32.3 Å². The van der Waals surface area contributed by atoms with Crippen LogP contribution in [-0.4, -0.2) is 11.3 Å². The van der Waals surface area contributed by atoms with Crippen LogP contribution in [0.4, 0.5) is 11.4 Å². The van der Waals surface area contributed by atoms with Gasteiger partial charge >= 0.3 is 0 Å². The van der Waals surface area contributed by atoms with E-state index >= 15 is 0 Å². The van der Waals surface area contributed by atoms with E-state index < -0.39 is 6.23 Å². The smallest absolute Gasteiger partial charge is 0.121 e. The van der Waals surface area contributed by atoms with Gasteiger partial charge in [0, 0.05) is 11.4 Å². The molecular formula is C11H18N2O. The zero-order valence-electron chi connectivity index (χ0n) is 8.91. The van der Waals surface area contributed by atoms with Gasteiger partial charge in [-0.05, 0) is 36.6 Å². The van der Waals surface area contributed by atoms with E-state index in [4.69, 9.17) is 10.8 Å². The molecule has 1 unspecified atom stereocenters. The predicted molar refractivity (Wildman–Crippen MR) is 60.2 cm³/mol. The summed E-state index contributed by atoms with van der Waals surface area (Å²) in [5, 5.41) is 12.1. The van der Waals surface area contributed by atoms with Gasteiger partial charge in [-0.15, -0.1) is 0 Å². The molecule has 0 bridgehead atoms. The van der Waals surface area contributed by atoms with Crippen molar-refractivity contribution in [2.24, 2.45) is 0 Å². The van der Waals surface area contributed by atoms with E-state index in [-0.39, 0.29) is 0 Å². The maximum absolute atomic E-state index is 9.16. The van der Waals surface area contributed by atoms with Crippen LogP contribution in [0.5, 0.6) is 0 Å². The molecule has 0 spiro atoms. The number of hydrogen-bond acceptors (Lipinski definition) is 3. The van der Waals surface area contributed by atoms with Crippen LogP contribution in [-0.2, 0) is 0 Å². The number of rotatable bonds is 3. The highest BCUT2D eigenvalue weighted by atomic mass is 16.3. The van der Waals surface area contributed by atoms with Crippen LogP contribution in [0.3, 0.4) is 0 Å². The Kier molecular flexibility index (Phi) is 3.36. The molecule has 1 aromatic carbocycles. The van der Waals surface area contributed by atoms with Crippen molar-refractivity contribution in [1.82, 2.24) is 0 Å². The number of nitrogens with one attached hydrogen (secondary N) is 1. The Morgan fingerprint density at radius 2 is 1.93 bits per heavy atom. The molecule has 0 aromatic heterocycles. The fourth-order valence-electron chi connectivity index (χ4n) is 1.41. The topological polar surface area (TPSA) is 58.3 Å². The molecule has 0 aliphatic heterocycles. The van der Waals surface area contributed by atoms with Crippen LogP contribution >= 0.6 is 0 Å². The van der Waals surface area contributed by atoms with Crippen molar-refractivity contribution in [2.45, 2.75) is 32.9 Å². The first-order valence-corrected chi connectivity index (χ1v) is 4.84. The summed E-state index contributed by atoms with van der Waals surface area (Å²) in [6.45, 7) is 5.88. The third kappa shape index (κ3) is 2.64. The molecule has 0 saturated heterocycles. The number of nitrogens with two attached hydrogens (primary N) is 1. The van der Waals surface area contributed by atoms with Gasteiger partial charge in [-0.2, -0.15) is 0 Å². The summed E-state index contributed by atoms with van der Waals surface area (Å²) in [4.78, 5) is 0. The lowest BCUT2D eigenvalue weighted by Crippen LogP contribution is -2.13. The summed E-state index contributed by atoms with van der Waals surface area (Å²) in [6, 6.07) is 5.71. The quantitative estimate of drug-likeness (QED) is 0.510. The summed E-state index contributed by atoms with van der Waals surface area (Å²) in [5.41, 5.74) is 8.64. The normalized spacial score (nSPS) is 12.9. The standard InChI is InChI=1S/C11H18N2O/c1-7(2)10-6-9(13-8(3)14)4-5-11(10)12/h4-8,13-14H,12H2,1-3H3. The third-order valence-electron chi connectivity index (χ3n) is 2.08. The number of aliphatic hydroxyl groups is 1. The molecule has 1 atom stereocenters. The SMILES string of the molecule is CC(O)Nc1ccc(N)c(C(C)C)c1. The van der Waals surface area contributed by atoms with E-state index in [1.807, 2.05) is 18.2 Å². The van der Waals surface area contributed by atoms with Gasteiger partial charge in [0.15, 0.2) is 0 Å². The van der Waals surface area contributed by atoms with Crippen molar-refractivity contribution < 1.29 is 5.11 Å². The summed E-state index contributed by atoms with van der Waals surface area (Å²) in [7, 11) is 0. The molecule has 0 saturated carbocycles. The molecule has 78 valence electrons. The lowest BCUT2D eigenvalue weighted by Gasteiger charge is -2.14. The Balaban J connectivity index is 2.94. The molecule has 4 N–H and O–H groups in total. The van der Waals surface area contributed by atoms with Crippen LogP contribution in [0, 0.1) is 0 Å². The van der Waals surface area contributed by atoms with Crippen molar-refractivity contribution in [3.8, 4) is 0 Å². The van der Waals surface area contributed by atoms with Gasteiger partial charge in [-0.25, -0.2) is 0 Å². The molecule has 3 nitrogen and oxygen atoms in total. The number of aliphatic hydroxyl groups excluding tert-OH is 1. The molecule has 0 aliphatic rings. The highest BCUT2D eigenvalue weighted by Crippen LogP contribution is 2.25. The maximum Gasteiger partial charge on any atom is 0.121 e. The van der Waals surface area contributed by atoms with Gasteiger partial charge in [0.1, 0.15) is 6.23 Å². The lowest BCUT2D eigenvalue weighted by molar-refractivity contribution is 0.224. The number of nitrogen functional groups attached to an aromatic ring is 1. The van der Waals surface area contributed by atoms with Crippen molar-refractivity contribution in [3.05, 3.63) is 23.8 Å². The first kappa shape index (κ1) is 10.9. The minimum Gasteiger partial charge on any atom is -0.398 e. The summed E-state index contributed by atoms with van der Waals surface area (Å²) in [6.07, 6.45) is -0.543. The van der Waals surface area contributed by atoms with Gasteiger partial charge in [-0.3, -0.25) is 0 Å². The van der Waals surface area contributed by atoms with Gasteiger partial charge in [0.2, 0.25) is 0 Å². The molecule has 0 radical (unpaired) electrons. The fourth-order valence-corrected chi connectivity index (χ4v) is 1.41. The van der Waals surface area contributed by atoms with Gasteiger partial charge in [0.05, 0.1) is 0 Å². The molecule has 14 heavy (non-hydrogen) atoms. The Morgan fingerprint density at radius 1 is 1.29 bits per heavy atom. The Morgan fingerprint density at radius 3 is 2.43 bits per heavy atom. The average Bonchev–Trinajstić information content (AvgIpc) is 2.07. The average molecular weight is 194 g/mol. The van der Waals surface area contributed by atoms with Crippen LogP contribution < -0.4 is 11.1 Å². The molecule has 3 heteroatoms. The summed E-state index contributed by atoms with van der Waals surface area (Å²) >= 11 is 0. The fraction of sp³-hybridized carbons (Fsp3) is 0.455. The van der Waals surface area contributed by atoms with Crippen molar-refractivity contribution >= 4 is 11.4 Å². The zero-order valence-corrected chi connectivity index (χ0v) is 8.91. The van der Waals surface area contributed by atoms with E-state index in [2.05, 4.69) is 19.2 Å². The van der Waals surface area contributed by atoms with Crippen molar-refractivity contribution in [3.63, 3.8) is 0 Å². The Hall–Kier alpha value is -1.22. The Labute approximate surface area is 84.9 Å². The highest BCUT2D eigenvalue weighted by Gasteiger charge is 2.05. The zero-order chi connectivity index (χ0) is 10.7. The number of hydrogen-bond donors (Lipinski definition) is 3. The molecule has 1 aromatic rings. The first-order valence-electron chi connectivity index (χ1n) is 4.84. The van der Waals surface area contributed by atoms with E-state index in [1.165, 1.54) is 0 Å². The second-order valence-corrected chi connectivity index (χ2v) is 3.82. The van der Waals surface area contributed by atoms with Crippen LogP contribution in [0.25, 0.3) is 0 Å². The van der Waals surface area contributed by atoms with E-state index in [0.717, 1.165) is 16.9 Å². The lowest BCUT2D eigenvalue weighted by atomic mass is 10.0. The Bertz CT molecular complexity index is 308. The van der Waals surface area contributed by atoms with Crippen molar-refractivity contribution in [2.75, 3.05) is 11.1 Å².